The van der Waals surface area contributed by atoms with Gasteiger partial charge in [-0.3, -0.25) is 9.98 Å². The number of aliphatic imine (C=N–C) groups is 2. The van der Waals surface area contributed by atoms with Crippen LogP contribution in [0.3, 0.4) is 0 Å². The zero-order valence-electron chi connectivity index (χ0n) is 13.0. The molecule has 0 aromatic carbocycles. The van der Waals surface area contributed by atoms with Gasteiger partial charge in [-0.05, 0) is 25.7 Å². The Morgan fingerprint density at radius 2 is 1.13 bits per heavy atom. The van der Waals surface area contributed by atoms with E-state index in [9.17, 15) is 9.59 Å². The Kier molecular flexibility index (Phi) is 10.0. The van der Waals surface area contributed by atoms with E-state index in [1.54, 1.807) is 0 Å². The van der Waals surface area contributed by atoms with Gasteiger partial charge in [0.05, 0.1) is 0 Å². The number of hydrogen-bond acceptors (Lipinski definition) is 7. The molecular formula is C12H26N8O3. The third-order valence-corrected chi connectivity index (χ3v) is 2.74. The van der Waals surface area contributed by atoms with E-state index in [1.807, 2.05) is 0 Å². The molecule has 0 heterocycles. The molecule has 23 heavy (non-hydrogen) atoms. The van der Waals surface area contributed by atoms with Crippen molar-refractivity contribution in [1.82, 2.24) is 0 Å². The second kappa shape index (κ2) is 11.2. The topological polar surface area (TPSA) is 224 Å². The van der Waals surface area contributed by atoms with Crippen molar-refractivity contribution >= 4 is 23.9 Å². The molecule has 0 saturated carbocycles. The highest BCUT2D eigenvalue weighted by Gasteiger charge is 2.22. The van der Waals surface area contributed by atoms with E-state index in [4.69, 9.17) is 34.4 Å². The van der Waals surface area contributed by atoms with Gasteiger partial charge in [0.1, 0.15) is 12.1 Å². The van der Waals surface area contributed by atoms with Crippen LogP contribution in [0.1, 0.15) is 25.7 Å². The van der Waals surface area contributed by atoms with Crippen LogP contribution in [-0.2, 0) is 14.3 Å². The minimum absolute atomic E-state index is 0.0389. The van der Waals surface area contributed by atoms with Gasteiger partial charge in [0.25, 0.3) is 0 Å². The predicted molar refractivity (Wildman–Crippen MR) is 86.9 cm³/mol. The van der Waals surface area contributed by atoms with Crippen molar-refractivity contribution in [3.63, 3.8) is 0 Å². The first kappa shape index (κ1) is 20.6. The molecular weight excluding hydrogens is 304 g/mol. The number of carbonyl (C=O) groups excluding carboxylic acids is 2. The lowest BCUT2D eigenvalue weighted by atomic mass is 10.1. The van der Waals surface area contributed by atoms with Crippen molar-refractivity contribution in [2.45, 2.75) is 37.8 Å². The zero-order valence-corrected chi connectivity index (χ0v) is 13.0. The SMILES string of the molecule is NC(N)=NCCC[C@H](N)C(=O)OC(=O)[C@@H](N)CCCN=C(N)N. The molecule has 0 bridgehead atoms. The molecule has 0 fully saturated rings. The lowest BCUT2D eigenvalue weighted by Crippen LogP contribution is -2.39. The van der Waals surface area contributed by atoms with Crippen LogP contribution < -0.4 is 34.4 Å². The summed E-state index contributed by atoms with van der Waals surface area (Å²) in [5.74, 6) is -1.75. The smallest absolute Gasteiger partial charge is 0.330 e. The highest BCUT2D eigenvalue weighted by Crippen LogP contribution is 2.02. The fourth-order valence-electron chi connectivity index (χ4n) is 1.52. The minimum atomic E-state index is -0.943. The molecule has 12 N–H and O–H groups in total. The third-order valence-electron chi connectivity index (χ3n) is 2.74. The van der Waals surface area contributed by atoms with E-state index in [1.165, 1.54) is 0 Å². The molecule has 11 heteroatoms. The van der Waals surface area contributed by atoms with Crippen LogP contribution in [0.15, 0.2) is 9.98 Å². The van der Waals surface area contributed by atoms with Gasteiger partial charge in [-0.25, -0.2) is 9.59 Å². The molecule has 0 rings (SSSR count). The Labute approximate surface area is 134 Å². The number of esters is 2. The molecule has 0 aromatic rings. The second-order valence-corrected chi connectivity index (χ2v) is 4.85. The van der Waals surface area contributed by atoms with Gasteiger partial charge in [0.2, 0.25) is 0 Å². The molecule has 0 aromatic heterocycles. The third kappa shape index (κ3) is 10.9. The first-order valence-electron chi connectivity index (χ1n) is 7.11. The first-order valence-corrected chi connectivity index (χ1v) is 7.11. The quantitative estimate of drug-likeness (QED) is 0.0778. The normalized spacial score (nSPS) is 12.8. The summed E-state index contributed by atoms with van der Waals surface area (Å²) in [6, 6.07) is -1.89. The summed E-state index contributed by atoms with van der Waals surface area (Å²) < 4.78 is 4.63. The van der Waals surface area contributed by atoms with E-state index >= 15 is 0 Å². The van der Waals surface area contributed by atoms with Crippen LogP contribution in [0, 0.1) is 0 Å². The average molecular weight is 330 g/mol. The average Bonchev–Trinajstić information content (AvgIpc) is 2.46. The van der Waals surface area contributed by atoms with Crippen LogP contribution in [0.5, 0.6) is 0 Å². The molecule has 0 amide bonds. The van der Waals surface area contributed by atoms with Crippen LogP contribution in [0.25, 0.3) is 0 Å². The van der Waals surface area contributed by atoms with Crippen molar-refractivity contribution in [2.24, 2.45) is 44.4 Å². The largest absolute Gasteiger partial charge is 0.391 e. The van der Waals surface area contributed by atoms with Gasteiger partial charge in [-0.1, -0.05) is 0 Å². The van der Waals surface area contributed by atoms with E-state index in [-0.39, 0.29) is 24.8 Å². The van der Waals surface area contributed by atoms with Crippen LogP contribution in [0.2, 0.25) is 0 Å². The van der Waals surface area contributed by atoms with Crippen molar-refractivity contribution in [3.8, 4) is 0 Å². The maximum Gasteiger partial charge on any atom is 0.330 e. The molecule has 0 aliphatic heterocycles. The molecule has 0 unspecified atom stereocenters. The van der Waals surface area contributed by atoms with Gasteiger partial charge >= 0.3 is 11.9 Å². The monoisotopic (exact) mass is 330 g/mol. The summed E-state index contributed by atoms with van der Waals surface area (Å²) in [7, 11) is 0. The van der Waals surface area contributed by atoms with E-state index < -0.39 is 24.0 Å². The highest BCUT2D eigenvalue weighted by molar-refractivity contribution is 5.90. The van der Waals surface area contributed by atoms with E-state index in [0.717, 1.165) is 0 Å². The Morgan fingerprint density at radius 1 is 0.783 bits per heavy atom. The van der Waals surface area contributed by atoms with Crippen LogP contribution in [-0.4, -0.2) is 49.0 Å². The second-order valence-electron chi connectivity index (χ2n) is 4.85. The van der Waals surface area contributed by atoms with Crippen molar-refractivity contribution in [2.75, 3.05) is 13.1 Å². The van der Waals surface area contributed by atoms with E-state index in [0.29, 0.717) is 25.9 Å². The molecule has 2 atom stereocenters. The minimum Gasteiger partial charge on any atom is -0.391 e. The number of ether oxygens (including phenoxy) is 1. The number of rotatable bonds is 10. The van der Waals surface area contributed by atoms with E-state index in [2.05, 4.69) is 14.7 Å². The van der Waals surface area contributed by atoms with Crippen molar-refractivity contribution < 1.29 is 14.3 Å². The van der Waals surface area contributed by atoms with Gasteiger partial charge in [-0.15, -0.1) is 0 Å². The summed E-state index contributed by atoms with van der Waals surface area (Å²) in [6.07, 6.45) is 1.52. The maximum atomic E-state index is 11.6. The Bertz CT molecular complexity index is 404. The Morgan fingerprint density at radius 3 is 1.43 bits per heavy atom. The Balaban J connectivity index is 4.04. The zero-order chi connectivity index (χ0) is 17.8. The molecule has 0 spiro atoms. The van der Waals surface area contributed by atoms with Crippen molar-refractivity contribution in [1.29, 1.82) is 0 Å². The molecule has 0 saturated heterocycles. The molecule has 0 radical (unpaired) electrons. The maximum absolute atomic E-state index is 11.6. The summed E-state index contributed by atoms with van der Waals surface area (Å²) in [4.78, 5) is 30.8. The standard InChI is InChI=1S/C12H26N8O3/c13-7(3-1-5-19-11(15)16)9(21)23-10(22)8(14)4-2-6-20-12(17)18/h7-8H,1-6,13-14H2,(H4,15,16,19)(H4,17,18,20)/t7-,8-/m0/s1. The molecule has 0 aliphatic carbocycles. The van der Waals surface area contributed by atoms with Gasteiger partial charge in [0.15, 0.2) is 11.9 Å². The summed E-state index contributed by atoms with van der Waals surface area (Å²) >= 11 is 0. The number of carbonyl (C=O) groups is 2. The van der Waals surface area contributed by atoms with Gasteiger partial charge in [0, 0.05) is 13.1 Å². The lowest BCUT2D eigenvalue weighted by molar-refractivity contribution is -0.161. The summed E-state index contributed by atoms with van der Waals surface area (Å²) in [5.41, 5.74) is 31.9. The van der Waals surface area contributed by atoms with Crippen molar-refractivity contribution in [3.05, 3.63) is 0 Å². The summed E-state index contributed by atoms with van der Waals surface area (Å²) in [6.45, 7) is 0.670. The summed E-state index contributed by atoms with van der Waals surface area (Å²) in [5, 5.41) is 0. The van der Waals surface area contributed by atoms with Gasteiger partial charge in [-0.2, -0.15) is 0 Å². The highest BCUT2D eigenvalue weighted by atomic mass is 16.6. The molecule has 0 aliphatic rings. The lowest BCUT2D eigenvalue weighted by Gasteiger charge is -2.13. The molecule has 11 nitrogen and oxygen atoms in total. The number of hydrogen-bond donors (Lipinski definition) is 6. The Hall–Kier alpha value is -2.40. The number of nitrogens with two attached hydrogens (primary N) is 6. The first-order chi connectivity index (χ1) is 10.7. The fraction of sp³-hybridized carbons (Fsp3) is 0.667. The molecule has 132 valence electrons. The number of guanidine groups is 2. The number of nitrogens with zero attached hydrogens (tertiary/aromatic N) is 2. The fourth-order valence-corrected chi connectivity index (χ4v) is 1.52. The van der Waals surface area contributed by atoms with Crippen LogP contribution in [0.4, 0.5) is 0 Å². The van der Waals surface area contributed by atoms with Gasteiger partial charge < -0.3 is 39.1 Å². The van der Waals surface area contributed by atoms with Crippen LogP contribution >= 0.6 is 0 Å². The predicted octanol–water partition coefficient (Wildman–Crippen LogP) is -3.18.